The SMILES string of the molecule is COc1ccc(C(CNC(=O)c2cc(Cl)cc(Cl)c2)N(C)C)cc1. The number of ether oxygens (including phenoxy) is 1. The Bertz CT molecular complexity index is 682. The molecule has 6 heteroatoms. The summed E-state index contributed by atoms with van der Waals surface area (Å²) in [6.45, 7) is 0.461. The standard InChI is InChI=1S/C18H20Cl2N2O2/c1-22(2)17(12-4-6-16(24-3)7-5-12)11-21-18(23)13-8-14(19)10-15(20)9-13/h4-10,17H,11H2,1-3H3,(H,21,23). The average Bonchev–Trinajstić information content (AvgIpc) is 2.54. The first-order valence-electron chi connectivity index (χ1n) is 7.45. The van der Waals surface area contributed by atoms with E-state index in [1.807, 2.05) is 43.3 Å². The van der Waals surface area contributed by atoms with Crippen LogP contribution < -0.4 is 10.1 Å². The summed E-state index contributed by atoms with van der Waals surface area (Å²) in [5.41, 5.74) is 1.53. The third kappa shape index (κ3) is 4.87. The second-order valence-corrected chi connectivity index (χ2v) is 6.49. The summed E-state index contributed by atoms with van der Waals surface area (Å²) in [4.78, 5) is 14.4. The quantitative estimate of drug-likeness (QED) is 0.838. The number of halogens is 2. The van der Waals surface area contributed by atoms with Crippen molar-refractivity contribution in [1.82, 2.24) is 10.2 Å². The molecule has 0 saturated heterocycles. The van der Waals surface area contributed by atoms with Gasteiger partial charge in [0, 0.05) is 22.2 Å². The lowest BCUT2D eigenvalue weighted by molar-refractivity contribution is 0.0942. The maximum Gasteiger partial charge on any atom is 0.251 e. The molecule has 4 nitrogen and oxygen atoms in total. The summed E-state index contributed by atoms with van der Waals surface area (Å²) >= 11 is 11.9. The van der Waals surface area contributed by atoms with Crippen LogP contribution in [0.3, 0.4) is 0 Å². The molecule has 0 aliphatic carbocycles. The maximum atomic E-state index is 12.3. The number of rotatable bonds is 6. The average molecular weight is 367 g/mol. The molecule has 1 amide bonds. The van der Waals surface area contributed by atoms with Crippen LogP contribution in [0.5, 0.6) is 5.75 Å². The molecule has 1 atom stereocenters. The van der Waals surface area contributed by atoms with Crippen LogP contribution in [0.4, 0.5) is 0 Å². The second-order valence-electron chi connectivity index (χ2n) is 5.62. The van der Waals surface area contributed by atoms with Gasteiger partial charge < -0.3 is 15.0 Å². The Labute approximate surface area is 152 Å². The molecule has 1 N–H and O–H groups in total. The fraction of sp³-hybridized carbons (Fsp3) is 0.278. The molecule has 0 bridgehead atoms. The Hall–Kier alpha value is -1.75. The zero-order valence-corrected chi connectivity index (χ0v) is 15.4. The minimum absolute atomic E-state index is 0.0366. The monoisotopic (exact) mass is 366 g/mol. The molecule has 0 aliphatic heterocycles. The van der Waals surface area contributed by atoms with Crippen molar-refractivity contribution in [2.75, 3.05) is 27.7 Å². The van der Waals surface area contributed by atoms with Crippen LogP contribution in [0.1, 0.15) is 22.0 Å². The molecule has 0 saturated carbocycles. The molecule has 0 heterocycles. The summed E-state index contributed by atoms with van der Waals surface area (Å²) in [5.74, 6) is 0.591. The normalized spacial score (nSPS) is 12.1. The van der Waals surface area contributed by atoms with Crippen molar-refractivity contribution in [3.63, 3.8) is 0 Å². The highest BCUT2D eigenvalue weighted by molar-refractivity contribution is 6.35. The second kappa shape index (κ2) is 8.38. The zero-order chi connectivity index (χ0) is 17.7. The number of amides is 1. The largest absolute Gasteiger partial charge is 0.497 e. The molecule has 0 aromatic heterocycles. The van der Waals surface area contributed by atoms with Crippen LogP contribution in [0.2, 0.25) is 10.0 Å². The van der Waals surface area contributed by atoms with E-state index < -0.39 is 0 Å². The summed E-state index contributed by atoms with van der Waals surface area (Å²) in [6.07, 6.45) is 0. The van der Waals surface area contributed by atoms with E-state index >= 15 is 0 Å². The minimum Gasteiger partial charge on any atom is -0.497 e. The lowest BCUT2D eigenvalue weighted by atomic mass is 10.1. The summed E-state index contributed by atoms with van der Waals surface area (Å²) in [5, 5.41) is 3.81. The number of carbonyl (C=O) groups excluding carboxylic acids is 1. The molecule has 2 aromatic rings. The predicted octanol–water partition coefficient (Wildman–Crippen LogP) is 4.03. The van der Waals surface area contributed by atoms with E-state index in [1.54, 1.807) is 25.3 Å². The third-order valence-corrected chi connectivity index (χ3v) is 4.14. The van der Waals surface area contributed by atoms with E-state index in [0.717, 1.165) is 11.3 Å². The van der Waals surface area contributed by atoms with Gasteiger partial charge in [-0.15, -0.1) is 0 Å². The number of nitrogens with zero attached hydrogens (tertiary/aromatic N) is 1. The van der Waals surface area contributed by atoms with Crippen LogP contribution >= 0.6 is 23.2 Å². The topological polar surface area (TPSA) is 41.6 Å². The van der Waals surface area contributed by atoms with Gasteiger partial charge in [-0.3, -0.25) is 4.79 Å². The third-order valence-electron chi connectivity index (χ3n) is 3.70. The molecule has 24 heavy (non-hydrogen) atoms. The maximum absolute atomic E-state index is 12.3. The predicted molar refractivity (Wildman–Crippen MR) is 98.2 cm³/mol. The Morgan fingerprint density at radius 2 is 1.71 bits per heavy atom. The Kier molecular flexibility index (Phi) is 6.49. The van der Waals surface area contributed by atoms with Crippen LogP contribution in [0.15, 0.2) is 42.5 Å². The van der Waals surface area contributed by atoms with Crippen LogP contribution in [-0.4, -0.2) is 38.6 Å². The highest BCUT2D eigenvalue weighted by Gasteiger charge is 2.16. The molecule has 0 radical (unpaired) electrons. The lowest BCUT2D eigenvalue weighted by Crippen LogP contribution is -2.34. The van der Waals surface area contributed by atoms with E-state index in [-0.39, 0.29) is 11.9 Å². The zero-order valence-electron chi connectivity index (χ0n) is 13.8. The molecular formula is C18H20Cl2N2O2. The van der Waals surface area contributed by atoms with E-state index in [4.69, 9.17) is 27.9 Å². The number of hydrogen-bond acceptors (Lipinski definition) is 3. The number of carbonyl (C=O) groups is 1. The number of nitrogens with one attached hydrogen (secondary N) is 1. The Morgan fingerprint density at radius 3 is 2.21 bits per heavy atom. The lowest BCUT2D eigenvalue weighted by Gasteiger charge is -2.25. The van der Waals surface area contributed by atoms with Gasteiger partial charge in [-0.2, -0.15) is 0 Å². The Balaban J connectivity index is 2.09. The smallest absolute Gasteiger partial charge is 0.251 e. The van der Waals surface area contributed by atoms with Crippen molar-refractivity contribution in [2.45, 2.75) is 6.04 Å². The van der Waals surface area contributed by atoms with E-state index in [2.05, 4.69) is 5.32 Å². The van der Waals surface area contributed by atoms with Crippen LogP contribution in [0, 0.1) is 0 Å². The number of methoxy groups -OCH3 is 1. The van der Waals surface area contributed by atoms with E-state index in [1.165, 1.54) is 0 Å². The van der Waals surface area contributed by atoms with Crippen molar-refractivity contribution in [3.05, 3.63) is 63.6 Å². The summed E-state index contributed by atoms with van der Waals surface area (Å²) in [6, 6.07) is 12.6. The van der Waals surface area contributed by atoms with Gasteiger partial charge in [0.05, 0.1) is 13.2 Å². The Morgan fingerprint density at radius 1 is 1.12 bits per heavy atom. The molecule has 0 aliphatic rings. The first kappa shape index (κ1) is 18.6. The van der Waals surface area contributed by atoms with E-state index in [9.17, 15) is 4.79 Å². The first-order chi connectivity index (χ1) is 11.4. The van der Waals surface area contributed by atoms with Crippen molar-refractivity contribution >= 4 is 29.1 Å². The van der Waals surface area contributed by atoms with Gasteiger partial charge in [0.1, 0.15) is 5.75 Å². The van der Waals surface area contributed by atoms with Gasteiger partial charge >= 0.3 is 0 Å². The van der Waals surface area contributed by atoms with Crippen LogP contribution in [-0.2, 0) is 0 Å². The van der Waals surface area contributed by atoms with Gasteiger partial charge in [0.25, 0.3) is 5.91 Å². The molecule has 2 rings (SSSR count). The fourth-order valence-corrected chi connectivity index (χ4v) is 2.93. The van der Waals surface area contributed by atoms with Crippen molar-refractivity contribution in [3.8, 4) is 5.75 Å². The van der Waals surface area contributed by atoms with Gasteiger partial charge in [0.15, 0.2) is 0 Å². The minimum atomic E-state index is -0.209. The fourth-order valence-electron chi connectivity index (χ4n) is 2.40. The molecule has 128 valence electrons. The van der Waals surface area contributed by atoms with Crippen molar-refractivity contribution < 1.29 is 9.53 Å². The van der Waals surface area contributed by atoms with Gasteiger partial charge in [-0.25, -0.2) is 0 Å². The van der Waals surface area contributed by atoms with Crippen LogP contribution in [0.25, 0.3) is 0 Å². The molecule has 0 fully saturated rings. The molecule has 0 spiro atoms. The summed E-state index contributed by atoms with van der Waals surface area (Å²) in [7, 11) is 5.57. The number of benzene rings is 2. The van der Waals surface area contributed by atoms with E-state index in [0.29, 0.717) is 22.2 Å². The van der Waals surface area contributed by atoms with Gasteiger partial charge in [-0.1, -0.05) is 35.3 Å². The number of hydrogen-bond donors (Lipinski definition) is 1. The molecule has 1 unspecified atom stereocenters. The van der Waals surface area contributed by atoms with Crippen molar-refractivity contribution in [1.29, 1.82) is 0 Å². The highest BCUT2D eigenvalue weighted by atomic mass is 35.5. The van der Waals surface area contributed by atoms with Gasteiger partial charge in [0.2, 0.25) is 0 Å². The first-order valence-corrected chi connectivity index (χ1v) is 8.21. The molecule has 2 aromatic carbocycles. The highest BCUT2D eigenvalue weighted by Crippen LogP contribution is 2.22. The van der Waals surface area contributed by atoms with Gasteiger partial charge in [-0.05, 0) is 50.0 Å². The summed E-state index contributed by atoms with van der Waals surface area (Å²) < 4.78 is 5.18. The number of likely N-dealkylation sites (N-methyl/N-ethyl adjacent to an activating group) is 1. The van der Waals surface area contributed by atoms with Crippen molar-refractivity contribution in [2.24, 2.45) is 0 Å². The molecular weight excluding hydrogens is 347 g/mol.